The van der Waals surface area contributed by atoms with Crippen LogP contribution in [0.15, 0.2) is 16.6 Å². The molecule has 2 N–H and O–H groups in total. The molecule has 1 aromatic carbocycles. The molecule has 0 bridgehead atoms. The monoisotopic (exact) mass is 357 g/mol. The molecule has 0 aliphatic heterocycles. The highest BCUT2D eigenvalue weighted by Gasteiger charge is 2.25. The van der Waals surface area contributed by atoms with Crippen molar-refractivity contribution in [2.24, 2.45) is 0 Å². The Morgan fingerprint density at radius 2 is 2.05 bits per heavy atom. The van der Waals surface area contributed by atoms with Crippen molar-refractivity contribution in [2.75, 3.05) is 12.0 Å². The predicted octanol–water partition coefficient (Wildman–Crippen LogP) is 4.37. The van der Waals surface area contributed by atoms with Crippen molar-refractivity contribution in [3.05, 3.63) is 22.4 Å². The second kappa shape index (κ2) is 5.56. The van der Waals surface area contributed by atoms with E-state index in [0.717, 1.165) is 29.1 Å². The lowest BCUT2D eigenvalue weighted by atomic mass is 9.94. The number of hydrogen-bond donors (Lipinski definition) is 1. The molecule has 0 atom stereocenters. The molecule has 1 fully saturated rings. The number of aromatic nitrogens is 2. The summed E-state index contributed by atoms with van der Waals surface area (Å²) in [5.41, 5.74) is 7.61. The topological polar surface area (TPSA) is 43.8 Å². The Morgan fingerprint density at radius 3 is 2.70 bits per heavy atom. The zero-order chi connectivity index (χ0) is 14.3. The van der Waals surface area contributed by atoms with Gasteiger partial charge in [0, 0.05) is 17.4 Å². The first kappa shape index (κ1) is 14.2. The number of nitrogens with two attached hydrogens (primary N) is 1. The molecule has 108 valence electrons. The Balaban J connectivity index is 1.99. The Labute approximate surface area is 130 Å². The fourth-order valence-corrected chi connectivity index (χ4v) is 4.11. The van der Waals surface area contributed by atoms with Gasteiger partial charge in [0.1, 0.15) is 5.82 Å². The van der Waals surface area contributed by atoms with Gasteiger partial charge >= 0.3 is 0 Å². The average Bonchev–Trinajstić information content (AvgIpc) is 2.75. The highest BCUT2D eigenvalue weighted by Crippen LogP contribution is 2.37. The maximum absolute atomic E-state index is 13.8. The van der Waals surface area contributed by atoms with Gasteiger partial charge in [-0.3, -0.25) is 0 Å². The lowest BCUT2D eigenvalue weighted by Crippen LogP contribution is -2.20. The summed E-state index contributed by atoms with van der Waals surface area (Å²) in [6.45, 7) is 0. The van der Waals surface area contributed by atoms with Crippen LogP contribution in [0.2, 0.25) is 0 Å². The van der Waals surface area contributed by atoms with Crippen LogP contribution in [0.25, 0.3) is 11.0 Å². The van der Waals surface area contributed by atoms with Gasteiger partial charge in [0.25, 0.3) is 0 Å². The van der Waals surface area contributed by atoms with Crippen LogP contribution in [0.5, 0.6) is 0 Å². The number of rotatable bonds is 2. The molecule has 1 saturated carbocycles. The molecule has 3 nitrogen and oxygen atoms in total. The number of imidazole rings is 1. The maximum Gasteiger partial charge on any atom is 0.201 e. The zero-order valence-corrected chi connectivity index (χ0v) is 13.7. The van der Waals surface area contributed by atoms with Crippen molar-refractivity contribution in [1.29, 1.82) is 0 Å². The van der Waals surface area contributed by atoms with Crippen molar-refractivity contribution in [3.8, 4) is 0 Å². The van der Waals surface area contributed by atoms with E-state index in [4.69, 9.17) is 5.73 Å². The second-order valence-corrected chi connectivity index (χ2v) is 7.25. The molecule has 0 amide bonds. The first-order chi connectivity index (χ1) is 9.60. The van der Waals surface area contributed by atoms with E-state index in [9.17, 15) is 4.39 Å². The van der Waals surface area contributed by atoms with Crippen molar-refractivity contribution in [1.82, 2.24) is 9.55 Å². The first-order valence-corrected chi connectivity index (χ1v) is 8.83. The lowest BCUT2D eigenvalue weighted by Gasteiger charge is -2.29. The normalized spacial score (nSPS) is 23.4. The molecule has 1 aliphatic carbocycles. The Hall–Kier alpha value is -0.750. The molecular formula is C14H17BrFN3S. The van der Waals surface area contributed by atoms with Gasteiger partial charge in [0.05, 0.1) is 15.5 Å². The van der Waals surface area contributed by atoms with Gasteiger partial charge in [0.15, 0.2) is 0 Å². The van der Waals surface area contributed by atoms with E-state index in [1.54, 1.807) is 6.07 Å². The minimum absolute atomic E-state index is 0.267. The third kappa shape index (κ3) is 2.44. The van der Waals surface area contributed by atoms with Gasteiger partial charge < -0.3 is 10.3 Å². The van der Waals surface area contributed by atoms with Crippen molar-refractivity contribution >= 4 is 44.7 Å². The Bertz CT molecular complexity index is 635. The fourth-order valence-electron chi connectivity index (χ4n) is 3.03. The summed E-state index contributed by atoms with van der Waals surface area (Å²) >= 11 is 5.13. The standard InChI is InChI=1S/C14H17BrFN3S/c1-20-9-4-2-8(3-5-9)19-13-7-11(16)10(15)6-12(13)18-14(19)17/h6-9H,2-5H2,1H3,(H2,17,18). The van der Waals surface area contributed by atoms with E-state index in [0.29, 0.717) is 16.5 Å². The van der Waals surface area contributed by atoms with Gasteiger partial charge in [-0.05, 0) is 53.9 Å². The molecule has 0 radical (unpaired) electrons. The SMILES string of the molecule is CSC1CCC(n2c(N)nc3cc(Br)c(F)cc32)CC1. The van der Waals surface area contributed by atoms with Gasteiger partial charge in [-0.15, -0.1) is 0 Å². The van der Waals surface area contributed by atoms with E-state index in [2.05, 4.69) is 27.2 Å². The minimum Gasteiger partial charge on any atom is -0.369 e. The van der Waals surface area contributed by atoms with Crippen LogP contribution < -0.4 is 5.73 Å². The number of anilines is 1. The molecule has 20 heavy (non-hydrogen) atoms. The molecule has 0 unspecified atom stereocenters. The summed E-state index contributed by atoms with van der Waals surface area (Å²) in [7, 11) is 0. The van der Waals surface area contributed by atoms with Gasteiger partial charge in [-0.2, -0.15) is 11.8 Å². The van der Waals surface area contributed by atoms with Gasteiger partial charge in [0.2, 0.25) is 5.95 Å². The summed E-state index contributed by atoms with van der Waals surface area (Å²) < 4.78 is 16.2. The smallest absolute Gasteiger partial charge is 0.201 e. The van der Waals surface area contributed by atoms with Gasteiger partial charge in [-0.1, -0.05) is 0 Å². The van der Waals surface area contributed by atoms with Crippen LogP contribution in [0.4, 0.5) is 10.3 Å². The van der Waals surface area contributed by atoms with Crippen LogP contribution in [-0.2, 0) is 0 Å². The third-order valence-electron chi connectivity index (χ3n) is 4.10. The Kier molecular flexibility index (Phi) is 3.95. The first-order valence-electron chi connectivity index (χ1n) is 6.75. The summed E-state index contributed by atoms with van der Waals surface area (Å²) in [5, 5.41) is 0.744. The number of benzene rings is 1. The van der Waals surface area contributed by atoms with Crippen molar-refractivity contribution < 1.29 is 4.39 Å². The number of nitrogens with zero attached hydrogens (tertiary/aromatic N) is 2. The predicted molar refractivity (Wildman–Crippen MR) is 86.6 cm³/mol. The second-order valence-electron chi connectivity index (χ2n) is 5.26. The number of nitrogen functional groups attached to an aromatic ring is 1. The van der Waals surface area contributed by atoms with E-state index in [-0.39, 0.29) is 5.82 Å². The maximum atomic E-state index is 13.8. The molecule has 3 rings (SSSR count). The van der Waals surface area contributed by atoms with Gasteiger partial charge in [-0.25, -0.2) is 9.37 Å². The molecule has 1 heterocycles. The van der Waals surface area contributed by atoms with E-state index in [1.807, 2.05) is 16.3 Å². The molecule has 1 aromatic heterocycles. The number of thioether (sulfide) groups is 1. The average molecular weight is 358 g/mol. The van der Waals surface area contributed by atoms with Crippen LogP contribution in [0.3, 0.4) is 0 Å². The number of hydrogen-bond acceptors (Lipinski definition) is 3. The van der Waals surface area contributed by atoms with E-state index >= 15 is 0 Å². The third-order valence-corrected chi connectivity index (χ3v) is 5.85. The van der Waals surface area contributed by atoms with Crippen LogP contribution in [0.1, 0.15) is 31.7 Å². The highest BCUT2D eigenvalue weighted by atomic mass is 79.9. The van der Waals surface area contributed by atoms with Crippen LogP contribution in [0, 0.1) is 5.82 Å². The van der Waals surface area contributed by atoms with Crippen LogP contribution >= 0.6 is 27.7 Å². The molecular weight excluding hydrogens is 341 g/mol. The molecule has 1 aliphatic rings. The van der Waals surface area contributed by atoms with Crippen molar-refractivity contribution in [3.63, 3.8) is 0 Å². The summed E-state index contributed by atoms with van der Waals surface area (Å²) in [5.74, 6) is 0.224. The largest absolute Gasteiger partial charge is 0.369 e. The summed E-state index contributed by atoms with van der Waals surface area (Å²) in [6, 6.07) is 3.57. The fraction of sp³-hybridized carbons (Fsp3) is 0.500. The minimum atomic E-state index is -0.267. The highest BCUT2D eigenvalue weighted by molar-refractivity contribution is 9.10. The van der Waals surface area contributed by atoms with E-state index < -0.39 is 0 Å². The zero-order valence-electron chi connectivity index (χ0n) is 11.3. The summed E-state index contributed by atoms with van der Waals surface area (Å²) in [4.78, 5) is 4.37. The Morgan fingerprint density at radius 1 is 1.35 bits per heavy atom. The molecule has 6 heteroatoms. The number of halogens is 2. The summed E-state index contributed by atoms with van der Waals surface area (Å²) in [6.07, 6.45) is 6.70. The lowest BCUT2D eigenvalue weighted by molar-refractivity contribution is 0.369. The molecule has 2 aromatic rings. The van der Waals surface area contributed by atoms with Crippen molar-refractivity contribution in [2.45, 2.75) is 37.0 Å². The molecule has 0 spiro atoms. The molecule has 0 saturated heterocycles. The van der Waals surface area contributed by atoms with Crippen LogP contribution in [-0.4, -0.2) is 21.1 Å². The number of fused-ring (bicyclic) bond motifs is 1. The quantitative estimate of drug-likeness (QED) is 0.867. The van der Waals surface area contributed by atoms with E-state index in [1.165, 1.54) is 18.9 Å².